The van der Waals surface area contributed by atoms with E-state index >= 15 is 0 Å². The minimum Gasteiger partial charge on any atom is -0.480 e. The molecule has 0 bridgehead atoms. The van der Waals surface area contributed by atoms with Gasteiger partial charge in [-0.25, -0.2) is 4.79 Å². The van der Waals surface area contributed by atoms with Crippen molar-refractivity contribution in [3.05, 3.63) is 34.9 Å². The van der Waals surface area contributed by atoms with Crippen molar-refractivity contribution in [1.29, 1.82) is 0 Å². The van der Waals surface area contributed by atoms with E-state index in [-0.39, 0.29) is 12.3 Å². The van der Waals surface area contributed by atoms with E-state index < -0.39 is 11.5 Å². The van der Waals surface area contributed by atoms with Gasteiger partial charge in [0.1, 0.15) is 5.54 Å². The highest BCUT2D eigenvalue weighted by Gasteiger charge is 2.36. The van der Waals surface area contributed by atoms with E-state index in [0.29, 0.717) is 12.8 Å². The van der Waals surface area contributed by atoms with Gasteiger partial charge in [-0.2, -0.15) is 0 Å². The third-order valence-electron chi connectivity index (χ3n) is 4.52. The Hall–Kier alpha value is -1.84. The SMILES string of the molecule is CCC(CC)(NC(=O)Cc1ccc2c(c1)CCC2)C(=O)O. The molecule has 0 atom stereocenters. The first-order chi connectivity index (χ1) is 10.0. The minimum absolute atomic E-state index is 0.223. The van der Waals surface area contributed by atoms with Crippen molar-refractivity contribution in [1.82, 2.24) is 5.32 Å². The molecule has 4 nitrogen and oxygen atoms in total. The van der Waals surface area contributed by atoms with Gasteiger partial charge in [0.25, 0.3) is 0 Å². The van der Waals surface area contributed by atoms with Gasteiger partial charge in [0.05, 0.1) is 6.42 Å². The molecule has 114 valence electrons. The minimum atomic E-state index is -1.15. The van der Waals surface area contributed by atoms with E-state index in [2.05, 4.69) is 17.4 Å². The van der Waals surface area contributed by atoms with Gasteiger partial charge in [0, 0.05) is 0 Å². The molecule has 0 saturated carbocycles. The molecule has 2 N–H and O–H groups in total. The molecule has 0 aromatic heterocycles. The highest BCUT2D eigenvalue weighted by molar-refractivity contribution is 5.87. The molecule has 0 heterocycles. The molecule has 4 heteroatoms. The van der Waals surface area contributed by atoms with Crippen molar-refractivity contribution in [3.63, 3.8) is 0 Å². The molecule has 0 saturated heterocycles. The molecular formula is C17H23NO3. The zero-order chi connectivity index (χ0) is 15.5. The number of carbonyl (C=O) groups excluding carboxylic acids is 1. The standard InChI is InChI=1S/C17H23NO3/c1-3-17(4-2,16(20)21)18-15(19)11-12-8-9-13-6-5-7-14(13)10-12/h8-10H,3-7,11H2,1-2H3,(H,18,19)(H,20,21). The predicted octanol–water partition coefficient (Wildman–Crippen LogP) is 2.48. The summed E-state index contributed by atoms with van der Waals surface area (Å²) in [6.45, 7) is 3.57. The smallest absolute Gasteiger partial charge is 0.329 e. The number of fused-ring (bicyclic) bond motifs is 1. The molecule has 1 amide bonds. The zero-order valence-corrected chi connectivity index (χ0v) is 12.7. The van der Waals surface area contributed by atoms with Crippen LogP contribution in [0.5, 0.6) is 0 Å². The van der Waals surface area contributed by atoms with E-state index in [1.165, 1.54) is 17.5 Å². The number of rotatable bonds is 6. The molecule has 1 aromatic rings. The van der Waals surface area contributed by atoms with Crippen LogP contribution in [0, 0.1) is 0 Å². The van der Waals surface area contributed by atoms with Crippen molar-refractivity contribution >= 4 is 11.9 Å². The van der Waals surface area contributed by atoms with E-state index in [0.717, 1.165) is 18.4 Å². The van der Waals surface area contributed by atoms with Gasteiger partial charge < -0.3 is 10.4 Å². The molecule has 1 aromatic carbocycles. The Morgan fingerprint density at radius 2 is 1.86 bits per heavy atom. The highest BCUT2D eigenvalue weighted by Crippen LogP contribution is 2.23. The second-order valence-corrected chi connectivity index (χ2v) is 5.78. The van der Waals surface area contributed by atoms with Crippen molar-refractivity contribution in [3.8, 4) is 0 Å². The molecule has 1 aliphatic rings. The summed E-state index contributed by atoms with van der Waals surface area (Å²) in [5, 5.41) is 12.1. The second kappa shape index (κ2) is 6.29. The molecule has 0 unspecified atom stereocenters. The fourth-order valence-corrected chi connectivity index (χ4v) is 3.01. The van der Waals surface area contributed by atoms with Gasteiger partial charge in [0.15, 0.2) is 0 Å². The maximum absolute atomic E-state index is 12.2. The summed E-state index contributed by atoms with van der Waals surface area (Å²) in [6.07, 6.45) is 4.38. The lowest BCUT2D eigenvalue weighted by atomic mass is 9.92. The largest absolute Gasteiger partial charge is 0.480 e. The maximum atomic E-state index is 12.2. The number of amides is 1. The van der Waals surface area contributed by atoms with Gasteiger partial charge in [-0.1, -0.05) is 32.0 Å². The average Bonchev–Trinajstić information content (AvgIpc) is 2.92. The van der Waals surface area contributed by atoms with Crippen LogP contribution in [0.25, 0.3) is 0 Å². The number of benzene rings is 1. The number of nitrogens with one attached hydrogen (secondary N) is 1. The van der Waals surface area contributed by atoms with E-state index in [9.17, 15) is 14.7 Å². The Morgan fingerprint density at radius 1 is 1.19 bits per heavy atom. The van der Waals surface area contributed by atoms with Crippen LogP contribution in [0.1, 0.15) is 49.8 Å². The molecule has 0 spiro atoms. The third kappa shape index (κ3) is 3.26. The third-order valence-corrected chi connectivity index (χ3v) is 4.52. The summed E-state index contributed by atoms with van der Waals surface area (Å²) in [5.74, 6) is -1.19. The first-order valence-corrected chi connectivity index (χ1v) is 7.66. The van der Waals surface area contributed by atoms with Crippen LogP contribution in [0.2, 0.25) is 0 Å². The van der Waals surface area contributed by atoms with Crippen LogP contribution in [0.4, 0.5) is 0 Å². The number of carboxylic acids is 1. The van der Waals surface area contributed by atoms with Crippen molar-refractivity contribution in [2.24, 2.45) is 0 Å². The Balaban J connectivity index is 2.06. The topological polar surface area (TPSA) is 66.4 Å². The van der Waals surface area contributed by atoms with E-state index in [1.54, 1.807) is 13.8 Å². The summed E-state index contributed by atoms with van der Waals surface area (Å²) in [7, 11) is 0. The Kier molecular flexibility index (Phi) is 4.66. The van der Waals surface area contributed by atoms with Gasteiger partial charge in [0.2, 0.25) is 5.91 Å². The first-order valence-electron chi connectivity index (χ1n) is 7.66. The van der Waals surface area contributed by atoms with Crippen LogP contribution in [-0.2, 0) is 28.9 Å². The number of aliphatic carboxylic acids is 1. The summed E-state index contributed by atoms with van der Waals surface area (Å²) in [6, 6.07) is 6.15. The maximum Gasteiger partial charge on any atom is 0.329 e. The summed E-state index contributed by atoms with van der Waals surface area (Å²) < 4.78 is 0. The van der Waals surface area contributed by atoms with Gasteiger partial charge in [-0.05, 0) is 48.8 Å². The van der Waals surface area contributed by atoms with Crippen molar-refractivity contribution in [2.45, 2.75) is 57.9 Å². The monoisotopic (exact) mass is 289 g/mol. The average molecular weight is 289 g/mol. The zero-order valence-electron chi connectivity index (χ0n) is 12.7. The molecule has 21 heavy (non-hydrogen) atoms. The number of hydrogen-bond donors (Lipinski definition) is 2. The van der Waals surface area contributed by atoms with E-state index in [1.807, 2.05) is 6.07 Å². The number of carbonyl (C=O) groups is 2. The molecule has 0 aliphatic heterocycles. The lowest BCUT2D eigenvalue weighted by molar-refractivity contribution is -0.148. The Bertz CT molecular complexity index is 547. The lowest BCUT2D eigenvalue weighted by Crippen LogP contribution is -2.54. The van der Waals surface area contributed by atoms with Gasteiger partial charge in [-0.3, -0.25) is 4.79 Å². The molecule has 1 aliphatic carbocycles. The predicted molar refractivity (Wildman–Crippen MR) is 81.3 cm³/mol. The number of hydrogen-bond acceptors (Lipinski definition) is 2. The quantitative estimate of drug-likeness (QED) is 0.845. The molecular weight excluding hydrogens is 266 g/mol. The van der Waals surface area contributed by atoms with Crippen molar-refractivity contribution < 1.29 is 14.7 Å². The van der Waals surface area contributed by atoms with Crippen LogP contribution in [0.3, 0.4) is 0 Å². The van der Waals surface area contributed by atoms with E-state index in [4.69, 9.17) is 0 Å². The molecule has 0 fully saturated rings. The van der Waals surface area contributed by atoms with Gasteiger partial charge in [-0.15, -0.1) is 0 Å². The first kappa shape index (κ1) is 15.5. The van der Waals surface area contributed by atoms with Crippen LogP contribution >= 0.6 is 0 Å². The summed E-state index contributed by atoms with van der Waals surface area (Å²) >= 11 is 0. The second-order valence-electron chi connectivity index (χ2n) is 5.78. The van der Waals surface area contributed by atoms with Crippen LogP contribution in [-0.4, -0.2) is 22.5 Å². The summed E-state index contributed by atoms with van der Waals surface area (Å²) in [4.78, 5) is 23.6. The van der Waals surface area contributed by atoms with Crippen LogP contribution < -0.4 is 5.32 Å². The fourth-order valence-electron chi connectivity index (χ4n) is 3.01. The Labute approximate surface area is 125 Å². The van der Waals surface area contributed by atoms with Crippen LogP contribution in [0.15, 0.2) is 18.2 Å². The highest BCUT2D eigenvalue weighted by atomic mass is 16.4. The Morgan fingerprint density at radius 3 is 2.48 bits per heavy atom. The summed E-state index contributed by atoms with van der Waals surface area (Å²) in [5.41, 5.74) is 2.52. The normalized spacial score (nSPS) is 13.8. The van der Waals surface area contributed by atoms with Gasteiger partial charge >= 0.3 is 5.97 Å². The molecule has 2 rings (SSSR count). The fraction of sp³-hybridized carbons (Fsp3) is 0.529. The lowest BCUT2D eigenvalue weighted by Gasteiger charge is -2.28. The number of carboxylic acid groups (broad SMARTS) is 1. The number of aryl methyl sites for hydroxylation is 2. The molecule has 0 radical (unpaired) electrons. The van der Waals surface area contributed by atoms with Crippen molar-refractivity contribution in [2.75, 3.05) is 0 Å².